The first-order chi connectivity index (χ1) is 9.20. The molecule has 0 saturated heterocycles. The van der Waals surface area contributed by atoms with Crippen molar-refractivity contribution < 1.29 is 13.2 Å². The minimum Gasteiger partial charge on any atom is -0.166 e. The van der Waals surface area contributed by atoms with Crippen LogP contribution < -0.4 is 0 Å². The van der Waals surface area contributed by atoms with Gasteiger partial charge in [0.2, 0.25) is 0 Å². The molecule has 1 atom stereocenters. The van der Waals surface area contributed by atoms with Crippen LogP contribution in [0.2, 0.25) is 0 Å². The molecule has 1 unspecified atom stereocenters. The summed E-state index contributed by atoms with van der Waals surface area (Å²) in [6, 6.07) is 5.88. The van der Waals surface area contributed by atoms with E-state index in [0.717, 1.165) is 15.4 Å². The molecule has 1 heterocycles. The van der Waals surface area contributed by atoms with Gasteiger partial charge in [-0.15, -0.1) is 22.9 Å². The summed E-state index contributed by atoms with van der Waals surface area (Å²) in [5.41, 5.74) is -0.658. The highest BCUT2D eigenvalue weighted by Crippen LogP contribution is 2.44. The van der Waals surface area contributed by atoms with Crippen molar-refractivity contribution in [1.82, 2.24) is 0 Å². The molecule has 0 radical (unpaired) electrons. The Hall–Kier alpha value is -0.0400. The summed E-state index contributed by atoms with van der Waals surface area (Å²) >= 11 is 14.1. The zero-order chi connectivity index (χ0) is 15.1. The molecule has 0 spiro atoms. The van der Waals surface area contributed by atoms with Crippen LogP contribution in [-0.2, 0) is 6.18 Å². The van der Waals surface area contributed by atoms with E-state index in [9.17, 15) is 13.2 Å². The third-order valence-electron chi connectivity index (χ3n) is 2.66. The van der Waals surface area contributed by atoms with Gasteiger partial charge in [0.1, 0.15) is 0 Å². The molecule has 0 N–H and O–H groups in total. The minimum atomic E-state index is -4.44. The van der Waals surface area contributed by atoms with Crippen molar-refractivity contribution in [1.29, 1.82) is 0 Å². The summed E-state index contributed by atoms with van der Waals surface area (Å²) < 4.78 is 40.5. The molecule has 108 valence electrons. The number of thiophene rings is 1. The molecule has 0 fully saturated rings. The van der Waals surface area contributed by atoms with E-state index in [-0.39, 0.29) is 5.56 Å². The van der Waals surface area contributed by atoms with Crippen LogP contribution in [0.1, 0.15) is 26.3 Å². The van der Waals surface area contributed by atoms with Gasteiger partial charge >= 0.3 is 6.18 Å². The lowest BCUT2D eigenvalue weighted by Gasteiger charge is -2.17. The molecule has 0 nitrogen and oxygen atoms in total. The lowest BCUT2D eigenvalue weighted by Crippen LogP contribution is -2.10. The van der Waals surface area contributed by atoms with Gasteiger partial charge in [0, 0.05) is 18.7 Å². The number of rotatable bonds is 2. The Morgan fingerprint density at radius 2 is 1.85 bits per heavy atom. The van der Waals surface area contributed by atoms with E-state index in [1.807, 2.05) is 13.0 Å². The van der Waals surface area contributed by atoms with Crippen molar-refractivity contribution in [3.63, 3.8) is 0 Å². The van der Waals surface area contributed by atoms with E-state index in [1.165, 1.54) is 17.4 Å². The number of hydrogen-bond acceptors (Lipinski definition) is 1. The molecule has 0 amide bonds. The van der Waals surface area contributed by atoms with Gasteiger partial charge in [0.05, 0.1) is 10.9 Å². The SMILES string of the molecule is Cc1cc(Br)c(C(Cl)c2ccc(Br)cc2C(F)(F)F)s1. The Morgan fingerprint density at radius 1 is 1.20 bits per heavy atom. The molecule has 2 aromatic rings. The van der Waals surface area contributed by atoms with Crippen molar-refractivity contribution in [3.8, 4) is 0 Å². The molecule has 20 heavy (non-hydrogen) atoms. The Morgan fingerprint density at radius 3 is 2.35 bits per heavy atom. The molecule has 0 aliphatic heterocycles. The minimum absolute atomic E-state index is 0.0601. The third kappa shape index (κ3) is 3.40. The standard InChI is InChI=1S/C13H8Br2ClF3S/c1-6-4-10(15)12(20-6)11(16)8-3-2-7(14)5-9(8)13(17,18)19/h2-5,11H,1H3. The number of alkyl halides is 4. The predicted molar refractivity (Wildman–Crippen MR) is 83.6 cm³/mol. The quantitative estimate of drug-likeness (QED) is 0.437. The lowest BCUT2D eigenvalue weighted by atomic mass is 10.0. The smallest absolute Gasteiger partial charge is 0.166 e. The summed E-state index contributed by atoms with van der Waals surface area (Å²) in [6.45, 7) is 1.88. The van der Waals surface area contributed by atoms with Gasteiger partial charge in [-0.25, -0.2) is 0 Å². The van der Waals surface area contributed by atoms with Gasteiger partial charge in [-0.2, -0.15) is 13.2 Å². The highest BCUT2D eigenvalue weighted by molar-refractivity contribution is 9.10. The number of hydrogen-bond donors (Lipinski definition) is 0. The van der Waals surface area contributed by atoms with Crippen LogP contribution in [0.3, 0.4) is 0 Å². The Balaban J connectivity index is 2.55. The molecule has 1 aromatic carbocycles. The maximum atomic E-state index is 13.1. The number of halogens is 6. The van der Waals surface area contributed by atoms with Crippen LogP contribution in [0, 0.1) is 6.92 Å². The van der Waals surface area contributed by atoms with Crippen molar-refractivity contribution in [2.24, 2.45) is 0 Å². The normalized spacial score (nSPS) is 13.6. The molecular weight excluding hydrogens is 440 g/mol. The Bertz CT molecular complexity index is 637. The monoisotopic (exact) mass is 446 g/mol. The summed E-state index contributed by atoms with van der Waals surface area (Å²) in [4.78, 5) is 1.67. The van der Waals surface area contributed by atoms with Crippen molar-refractivity contribution >= 4 is 54.8 Å². The second kappa shape index (κ2) is 5.99. The molecule has 0 saturated carbocycles. The summed E-state index contributed by atoms with van der Waals surface area (Å²) in [7, 11) is 0. The van der Waals surface area contributed by atoms with E-state index in [0.29, 0.717) is 9.35 Å². The average molecular weight is 449 g/mol. The van der Waals surface area contributed by atoms with E-state index < -0.39 is 17.1 Å². The fourth-order valence-corrected chi connectivity index (χ4v) is 4.62. The van der Waals surface area contributed by atoms with Crippen LogP contribution in [0.25, 0.3) is 0 Å². The van der Waals surface area contributed by atoms with Gasteiger partial charge in [-0.05, 0) is 46.6 Å². The van der Waals surface area contributed by atoms with Crippen molar-refractivity contribution in [3.05, 3.63) is 54.1 Å². The van der Waals surface area contributed by atoms with Gasteiger partial charge in [-0.3, -0.25) is 0 Å². The maximum absolute atomic E-state index is 13.1. The topological polar surface area (TPSA) is 0 Å². The van der Waals surface area contributed by atoms with Crippen LogP contribution in [0.4, 0.5) is 13.2 Å². The summed E-state index contributed by atoms with van der Waals surface area (Å²) in [5, 5.41) is -0.840. The largest absolute Gasteiger partial charge is 0.416 e. The zero-order valence-electron chi connectivity index (χ0n) is 10.1. The molecule has 7 heteroatoms. The maximum Gasteiger partial charge on any atom is 0.416 e. The summed E-state index contributed by atoms with van der Waals surface area (Å²) in [5.74, 6) is 0. The van der Waals surface area contributed by atoms with E-state index in [2.05, 4.69) is 31.9 Å². The van der Waals surface area contributed by atoms with Gasteiger partial charge in [-0.1, -0.05) is 22.0 Å². The Kier molecular flexibility index (Phi) is 4.89. The molecular formula is C13H8Br2ClF3S. The first-order valence-corrected chi connectivity index (χ1v) is 8.30. The Labute approximate surface area is 140 Å². The first kappa shape index (κ1) is 16.3. The highest BCUT2D eigenvalue weighted by atomic mass is 79.9. The highest BCUT2D eigenvalue weighted by Gasteiger charge is 2.36. The number of aryl methyl sites for hydroxylation is 1. The van der Waals surface area contributed by atoms with Gasteiger partial charge < -0.3 is 0 Å². The van der Waals surface area contributed by atoms with Crippen molar-refractivity contribution in [2.45, 2.75) is 18.5 Å². The van der Waals surface area contributed by atoms with E-state index >= 15 is 0 Å². The third-order valence-corrected chi connectivity index (χ3v) is 5.77. The second-order valence-corrected chi connectivity index (χ2v) is 7.66. The van der Waals surface area contributed by atoms with E-state index in [4.69, 9.17) is 11.6 Å². The van der Waals surface area contributed by atoms with Crippen LogP contribution in [0.15, 0.2) is 33.2 Å². The van der Waals surface area contributed by atoms with E-state index in [1.54, 1.807) is 6.07 Å². The van der Waals surface area contributed by atoms with Crippen molar-refractivity contribution in [2.75, 3.05) is 0 Å². The average Bonchev–Trinajstić information content (AvgIpc) is 2.66. The van der Waals surface area contributed by atoms with Gasteiger partial charge in [0.25, 0.3) is 0 Å². The molecule has 2 rings (SSSR count). The first-order valence-electron chi connectivity index (χ1n) is 5.46. The molecule has 1 aromatic heterocycles. The number of benzene rings is 1. The zero-order valence-corrected chi connectivity index (χ0v) is 14.8. The molecule has 0 bridgehead atoms. The van der Waals surface area contributed by atoms with Gasteiger partial charge in [0.15, 0.2) is 0 Å². The predicted octanol–water partition coefficient (Wildman–Crippen LogP) is 6.93. The van der Waals surface area contributed by atoms with Crippen LogP contribution in [0.5, 0.6) is 0 Å². The van der Waals surface area contributed by atoms with Crippen LogP contribution >= 0.6 is 54.8 Å². The summed E-state index contributed by atoms with van der Waals surface area (Å²) in [6.07, 6.45) is -4.44. The molecule has 0 aliphatic rings. The second-order valence-electron chi connectivity index (χ2n) is 4.16. The fraction of sp³-hybridized carbons (Fsp3) is 0.231. The van der Waals surface area contributed by atoms with Crippen LogP contribution in [-0.4, -0.2) is 0 Å². The molecule has 0 aliphatic carbocycles. The fourth-order valence-electron chi connectivity index (χ4n) is 1.81. The lowest BCUT2D eigenvalue weighted by molar-refractivity contribution is -0.138.